The average molecular weight is 378 g/mol. The van der Waals surface area contributed by atoms with Crippen LogP contribution in [0.15, 0.2) is 24.3 Å². The zero-order valence-corrected chi connectivity index (χ0v) is 14.7. The summed E-state index contributed by atoms with van der Waals surface area (Å²) in [5.41, 5.74) is -0.744. The Balaban J connectivity index is 1.95. The third-order valence-corrected chi connectivity index (χ3v) is 6.21. The molecule has 0 spiro atoms. The molecule has 140 valence electrons. The molecule has 0 saturated carbocycles. The van der Waals surface area contributed by atoms with Crippen molar-refractivity contribution in [2.75, 3.05) is 24.2 Å². The number of nitrogens with zero attached hydrogens (tertiary/aromatic N) is 1. The SMILES string of the molecule is CCCS(=O)(=O)N1CCC(C(=O)Nc2cccc(C(F)(F)F)c2)CC1. The van der Waals surface area contributed by atoms with E-state index in [-0.39, 0.29) is 30.4 Å². The van der Waals surface area contributed by atoms with Gasteiger partial charge in [-0.15, -0.1) is 0 Å². The normalized spacial score (nSPS) is 17.4. The van der Waals surface area contributed by atoms with E-state index in [1.807, 2.05) is 0 Å². The van der Waals surface area contributed by atoms with Crippen molar-refractivity contribution in [3.05, 3.63) is 29.8 Å². The van der Waals surface area contributed by atoms with Crippen molar-refractivity contribution in [2.45, 2.75) is 32.4 Å². The van der Waals surface area contributed by atoms with Gasteiger partial charge in [-0.3, -0.25) is 4.79 Å². The number of sulfonamides is 1. The Morgan fingerprint density at radius 3 is 2.48 bits per heavy atom. The van der Waals surface area contributed by atoms with Crippen LogP contribution in [0.4, 0.5) is 18.9 Å². The Hall–Kier alpha value is -1.61. The molecule has 1 aliphatic heterocycles. The van der Waals surface area contributed by atoms with E-state index in [1.54, 1.807) is 6.92 Å². The van der Waals surface area contributed by atoms with Crippen molar-refractivity contribution in [3.8, 4) is 0 Å². The highest BCUT2D eigenvalue weighted by atomic mass is 32.2. The monoisotopic (exact) mass is 378 g/mol. The van der Waals surface area contributed by atoms with Gasteiger partial charge in [-0.2, -0.15) is 13.2 Å². The van der Waals surface area contributed by atoms with Crippen LogP contribution in [-0.2, 0) is 21.0 Å². The van der Waals surface area contributed by atoms with Crippen molar-refractivity contribution in [1.29, 1.82) is 0 Å². The lowest BCUT2D eigenvalue weighted by molar-refractivity contribution is -0.137. The molecule has 1 amide bonds. The van der Waals surface area contributed by atoms with Crippen molar-refractivity contribution in [2.24, 2.45) is 5.92 Å². The molecular formula is C16H21F3N2O3S. The third-order valence-electron chi connectivity index (χ3n) is 4.14. The lowest BCUT2D eigenvalue weighted by Crippen LogP contribution is -2.42. The first-order valence-corrected chi connectivity index (χ1v) is 9.70. The van der Waals surface area contributed by atoms with Crippen LogP contribution in [0.5, 0.6) is 0 Å². The van der Waals surface area contributed by atoms with Gasteiger partial charge in [0, 0.05) is 24.7 Å². The first-order valence-electron chi connectivity index (χ1n) is 8.09. The molecule has 0 radical (unpaired) electrons. The van der Waals surface area contributed by atoms with Gasteiger partial charge in [-0.05, 0) is 37.5 Å². The number of anilines is 1. The van der Waals surface area contributed by atoms with Gasteiger partial charge in [0.25, 0.3) is 0 Å². The Kier molecular flexibility index (Phi) is 6.10. The number of nitrogens with one attached hydrogen (secondary N) is 1. The number of carbonyl (C=O) groups excluding carboxylic acids is 1. The highest BCUT2D eigenvalue weighted by Gasteiger charge is 2.32. The first-order chi connectivity index (χ1) is 11.6. The topological polar surface area (TPSA) is 66.5 Å². The van der Waals surface area contributed by atoms with E-state index in [4.69, 9.17) is 0 Å². The standard InChI is InChI=1S/C16H21F3N2O3S/c1-2-10-25(23,24)21-8-6-12(7-9-21)15(22)20-14-5-3-4-13(11-14)16(17,18)19/h3-5,11-12H,2,6-10H2,1H3,(H,20,22). The second-order valence-electron chi connectivity index (χ2n) is 6.06. The number of amides is 1. The van der Waals surface area contributed by atoms with Gasteiger partial charge in [-0.25, -0.2) is 12.7 Å². The predicted octanol–water partition coefficient (Wildman–Crippen LogP) is 3.10. The molecule has 1 N–H and O–H groups in total. The van der Waals surface area contributed by atoms with Crippen LogP contribution in [0.2, 0.25) is 0 Å². The van der Waals surface area contributed by atoms with Gasteiger partial charge in [0.15, 0.2) is 0 Å². The van der Waals surface area contributed by atoms with E-state index >= 15 is 0 Å². The molecule has 0 unspecified atom stereocenters. The highest BCUT2D eigenvalue weighted by molar-refractivity contribution is 7.89. The van der Waals surface area contributed by atoms with E-state index in [2.05, 4.69) is 5.32 Å². The van der Waals surface area contributed by atoms with Crippen molar-refractivity contribution < 1.29 is 26.4 Å². The smallest absolute Gasteiger partial charge is 0.326 e. The first kappa shape index (κ1) is 19.7. The second kappa shape index (κ2) is 7.74. The molecule has 0 atom stereocenters. The number of hydrogen-bond acceptors (Lipinski definition) is 3. The quantitative estimate of drug-likeness (QED) is 0.856. The maximum absolute atomic E-state index is 12.7. The number of piperidine rings is 1. The fourth-order valence-electron chi connectivity index (χ4n) is 2.80. The fraction of sp³-hybridized carbons (Fsp3) is 0.562. The van der Waals surface area contributed by atoms with Crippen LogP contribution in [0.1, 0.15) is 31.7 Å². The van der Waals surface area contributed by atoms with Crippen molar-refractivity contribution in [1.82, 2.24) is 4.31 Å². The van der Waals surface area contributed by atoms with E-state index in [1.165, 1.54) is 16.4 Å². The summed E-state index contributed by atoms with van der Waals surface area (Å²) in [6.45, 7) is 2.29. The van der Waals surface area contributed by atoms with Gasteiger partial charge in [0.05, 0.1) is 11.3 Å². The Morgan fingerprint density at radius 2 is 1.92 bits per heavy atom. The minimum Gasteiger partial charge on any atom is -0.326 e. The van der Waals surface area contributed by atoms with E-state index in [0.717, 1.165) is 12.1 Å². The summed E-state index contributed by atoms with van der Waals surface area (Å²) in [5.74, 6) is -0.719. The molecule has 1 heterocycles. The Labute approximate surface area is 145 Å². The van der Waals surface area contributed by atoms with Crippen molar-refractivity contribution in [3.63, 3.8) is 0 Å². The largest absolute Gasteiger partial charge is 0.416 e. The maximum Gasteiger partial charge on any atom is 0.416 e. The molecule has 1 fully saturated rings. The van der Waals surface area contributed by atoms with Crippen LogP contribution in [0.25, 0.3) is 0 Å². The molecule has 0 bridgehead atoms. The number of halogens is 3. The second-order valence-corrected chi connectivity index (χ2v) is 8.15. The molecule has 1 saturated heterocycles. The molecule has 25 heavy (non-hydrogen) atoms. The molecule has 1 aromatic rings. The highest BCUT2D eigenvalue weighted by Crippen LogP contribution is 2.31. The molecule has 0 aromatic heterocycles. The summed E-state index contributed by atoms with van der Waals surface area (Å²) in [6, 6.07) is 4.46. The van der Waals surface area contributed by atoms with Crippen LogP contribution >= 0.6 is 0 Å². The van der Waals surface area contributed by atoms with E-state index < -0.39 is 27.7 Å². The van der Waals surface area contributed by atoms with E-state index in [9.17, 15) is 26.4 Å². The number of carbonyl (C=O) groups is 1. The summed E-state index contributed by atoms with van der Waals surface area (Å²) in [5, 5.41) is 2.50. The Morgan fingerprint density at radius 1 is 1.28 bits per heavy atom. The average Bonchev–Trinajstić information content (AvgIpc) is 2.54. The molecule has 5 nitrogen and oxygen atoms in total. The lowest BCUT2D eigenvalue weighted by atomic mass is 9.97. The molecular weight excluding hydrogens is 357 g/mol. The summed E-state index contributed by atoms with van der Waals surface area (Å²) in [6.07, 6.45) is -3.24. The Bertz CT molecular complexity index is 712. The third kappa shape index (κ3) is 5.18. The zero-order chi connectivity index (χ0) is 18.7. The molecule has 2 rings (SSSR count). The van der Waals surface area contributed by atoms with Crippen LogP contribution in [0, 0.1) is 5.92 Å². The number of rotatable bonds is 5. The van der Waals surface area contributed by atoms with Gasteiger partial charge in [-0.1, -0.05) is 13.0 Å². The molecule has 9 heteroatoms. The number of benzene rings is 1. The number of hydrogen-bond donors (Lipinski definition) is 1. The minimum absolute atomic E-state index is 0.0775. The fourth-order valence-corrected chi connectivity index (χ4v) is 4.34. The number of alkyl halides is 3. The maximum atomic E-state index is 12.7. The van der Waals surface area contributed by atoms with Gasteiger partial charge >= 0.3 is 6.18 Å². The zero-order valence-electron chi connectivity index (χ0n) is 13.8. The van der Waals surface area contributed by atoms with Crippen molar-refractivity contribution >= 4 is 21.6 Å². The molecule has 1 aromatic carbocycles. The summed E-state index contributed by atoms with van der Waals surface area (Å²) in [4.78, 5) is 12.3. The lowest BCUT2D eigenvalue weighted by Gasteiger charge is -2.30. The summed E-state index contributed by atoms with van der Waals surface area (Å²) in [7, 11) is -3.29. The summed E-state index contributed by atoms with van der Waals surface area (Å²) < 4.78 is 63.5. The van der Waals surface area contributed by atoms with E-state index in [0.29, 0.717) is 19.3 Å². The van der Waals surface area contributed by atoms with Crippen LogP contribution in [0.3, 0.4) is 0 Å². The van der Waals surface area contributed by atoms with Crippen LogP contribution < -0.4 is 5.32 Å². The summed E-state index contributed by atoms with van der Waals surface area (Å²) >= 11 is 0. The minimum atomic E-state index is -4.47. The van der Waals surface area contributed by atoms with Gasteiger partial charge in [0.2, 0.25) is 15.9 Å². The molecule has 0 aliphatic carbocycles. The van der Waals surface area contributed by atoms with Crippen LogP contribution in [-0.4, -0.2) is 37.5 Å². The van der Waals surface area contributed by atoms with Gasteiger partial charge < -0.3 is 5.32 Å². The van der Waals surface area contributed by atoms with Gasteiger partial charge in [0.1, 0.15) is 0 Å². The molecule has 1 aliphatic rings. The predicted molar refractivity (Wildman–Crippen MR) is 88.4 cm³/mol.